The molecule has 1 aliphatic carbocycles. The molecular formula is C13H16N4O2. The molecule has 6 nitrogen and oxygen atoms in total. The van der Waals surface area contributed by atoms with E-state index in [1.165, 1.54) is 12.3 Å². The Bertz CT molecular complexity index is 516. The zero-order valence-corrected chi connectivity index (χ0v) is 10.8. The molecule has 1 heterocycles. The number of carbonyl (C=O) groups is 1. The minimum atomic E-state index is -1.03. The molecule has 1 aromatic heterocycles. The Morgan fingerprint density at radius 2 is 2.26 bits per heavy atom. The molecule has 1 aromatic rings. The summed E-state index contributed by atoms with van der Waals surface area (Å²) >= 11 is 0. The summed E-state index contributed by atoms with van der Waals surface area (Å²) in [7, 11) is 0. The van der Waals surface area contributed by atoms with E-state index in [2.05, 4.69) is 22.4 Å². The van der Waals surface area contributed by atoms with Crippen molar-refractivity contribution in [2.24, 2.45) is 5.92 Å². The van der Waals surface area contributed by atoms with Crippen molar-refractivity contribution >= 4 is 11.8 Å². The standard InChI is InChI=1S/C13H16N4O2/c1-9-2-5-13(6-3-9,12(18)19)16-11-10(8-14)4-7-15-17-11/h4,7,9H,2-3,5-6H2,1H3,(H,16,17)(H,18,19). The second-order valence-electron chi connectivity index (χ2n) is 5.10. The van der Waals surface area contributed by atoms with Gasteiger partial charge in [-0.05, 0) is 37.7 Å². The van der Waals surface area contributed by atoms with Gasteiger partial charge in [-0.1, -0.05) is 6.92 Å². The predicted molar refractivity (Wildman–Crippen MR) is 68.4 cm³/mol. The van der Waals surface area contributed by atoms with E-state index in [0.29, 0.717) is 24.3 Å². The molecule has 1 aliphatic rings. The second-order valence-corrected chi connectivity index (χ2v) is 5.10. The van der Waals surface area contributed by atoms with Gasteiger partial charge in [-0.25, -0.2) is 4.79 Å². The normalized spacial score (nSPS) is 26.4. The van der Waals surface area contributed by atoms with Gasteiger partial charge in [-0.15, -0.1) is 5.10 Å². The number of anilines is 1. The molecule has 0 amide bonds. The molecule has 0 atom stereocenters. The van der Waals surface area contributed by atoms with Crippen LogP contribution in [0.2, 0.25) is 0 Å². The topological polar surface area (TPSA) is 98.9 Å². The number of hydrogen-bond donors (Lipinski definition) is 2. The summed E-state index contributed by atoms with van der Waals surface area (Å²) in [5.41, 5.74) is -0.719. The van der Waals surface area contributed by atoms with Crippen LogP contribution < -0.4 is 5.32 Å². The third-order valence-electron chi connectivity index (χ3n) is 3.74. The van der Waals surface area contributed by atoms with Gasteiger partial charge in [0.15, 0.2) is 5.82 Å². The van der Waals surface area contributed by atoms with E-state index in [0.717, 1.165) is 12.8 Å². The quantitative estimate of drug-likeness (QED) is 0.859. The van der Waals surface area contributed by atoms with E-state index in [4.69, 9.17) is 5.26 Å². The van der Waals surface area contributed by atoms with E-state index >= 15 is 0 Å². The van der Waals surface area contributed by atoms with Crippen LogP contribution in [-0.4, -0.2) is 26.8 Å². The van der Waals surface area contributed by atoms with Crippen LogP contribution in [0.25, 0.3) is 0 Å². The fourth-order valence-electron chi connectivity index (χ4n) is 2.39. The van der Waals surface area contributed by atoms with Crippen molar-refractivity contribution in [3.05, 3.63) is 17.8 Å². The van der Waals surface area contributed by atoms with Gasteiger partial charge in [0.25, 0.3) is 0 Å². The fraction of sp³-hybridized carbons (Fsp3) is 0.538. The number of rotatable bonds is 3. The molecule has 19 heavy (non-hydrogen) atoms. The number of nitriles is 1. The molecule has 0 saturated heterocycles. The van der Waals surface area contributed by atoms with Crippen LogP contribution in [0.3, 0.4) is 0 Å². The average molecular weight is 260 g/mol. The third kappa shape index (κ3) is 2.65. The maximum atomic E-state index is 11.6. The first-order valence-electron chi connectivity index (χ1n) is 6.31. The molecule has 0 bridgehead atoms. The number of aliphatic carboxylic acids is 1. The van der Waals surface area contributed by atoms with Crippen molar-refractivity contribution in [3.63, 3.8) is 0 Å². The number of hydrogen-bond acceptors (Lipinski definition) is 5. The van der Waals surface area contributed by atoms with Gasteiger partial charge in [0.1, 0.15) is 11.6 Å². The summed E-state index contributed by atoms with van der Waals surface area (Å²) in [6.07, 6.45) is 4.18. The smallest absolute Gasteiger partial charge is 0.329 e. The lowest BCUT2D eigenvalue weighted by atomic mass is 9.77. The summed E-state index contributed by atoms with van der Waals surface area (Å²) in [6, 6.07) is 3.52. The van der Waals surface area contributed by atoms with Crippen molar-refractivity contribution in [2.45, 2.75) is 38.1 Å². The maximum Gasteiger partial charge on any atom is 0.329 e. The number of nitrogens with one attached hydrogen (secondary N) is 1. The lowest BCUT2D eigenvalue weighted by molar-refractivity contribution is -0.143. The molecule has 100 valence electrons. The molecule has 0 unspecified atom stereocenters. The maximum absolute atomic E-state index is 11.6. The minimum absolute atomic E-state index is 0.252. The molecule has 1 saturated carbocycles. The van der Waals surface area contributed by atoms with Gasteiger partial charge in [0.05, 0.1) is 11.8 Å². The Hall–Kier alpha value is -2.16. The summed E-state index contributed by atoms with van der Waals surface area (Å²) in [4.78, 5) is 11.6. The Balaban J connectivity index is 2.27. The van der Waals surface area contributed by atoms with Gasteiger partial charge in [0.2, 0.25) is 0 Å². The minimum Gasteiger partial charge on any atom is -0.480 e. The predicted octanol–water partition coefficient (Wildman–Crippen LogP) is 1.79. The summed E-state index contributed by atoms with van der Waals surface area (Å²) in [6.45, 7) is 2.12. The Morgan fingerprint density at radius 1 is 1.58 bits per heavy atom. The van der Waals surface area contributed by atoms with Crippen LogP contribution in [0.4, 0.5) is 5.82 Å². The Morgan fingerprint density at radius 3 is 2.84 bits per heavy atom. The largest absolute Gasteiger partial charge is 0.480 e. The van der Waals surface area contributed by atoms with E-state index in [9.17, 15) is 9.90 Å². The molecule has 0 aromatic carbocycles. The zero-order chi connectivity index (χ0) is 13.9. The molecule has 6 heteroatoms. The summed E-state index contributed by atoms with van der Waals surface area (Å²) < 4.78 is 0. The van der Waals surface area contributed by atoms with Crippen LogP contribution in [0.1, 0.15) is 38.2 Å². The lowest BCUT2D eigenvalue weighted by Gasteiger charge is -2.36. The Labute approximate surface area is 111 Å². The van der Waals surface area contributed by atoms with E-state index in [1.807, 2.05) is 6.07 Å². The Kier molecular flexibility index (Phi) is 3.65. The fourth-order valence-corrected chi connectivity index (χ4v) is 2.39. The first-order valence-corrected chi connectivity index (χ1v) is 6.31. The molecule has 1 fully saturated rings. The van der Waals surface area contributed by atoms with E-state index in [1.54, 1.807) is 0 Å². The van der Waals surface area contributed by atoms with Crippen LogP contribution in [-0.2, 0) is 4.79 Å². The van der Waals surface area contributed by atoms with Gasteiger partial charge < -0.3 is 10.4 Å². The van der Waals surface area contributed by atoms with Gasteiger partial charge >= 0.3 is 5.97 Å². The van der Waals surface area contributed by atoms with Crippen LogP contribution in [0.5, 0.6) is 0 Å². The van der Waals surface area contributed by atoms with Crippen molar-refractivity contribution in [1.82, 2.24) is 10.2 Å². The van der Waals surface area contributed by atoms with E-state index in [-0.39, 0.29) is 5.82 Å². The SMILES string of the molecule is CC1CCC(Nc2nnccc2C#N)(C(=O)O)CC1. The molecule has 0 radical (unpaired) electrons. The second kappa shape index (κ2) is 5.22. The molecule has 2 rings (SSSR count). The highest BCUT2D eigenvalue weighted by Gasteiger charge is 2.42. The number of carboxylic acid groups (broad SMARTS) is 1. The monoisotopic (exact) mass is 260 g/mol. The average Bonchev–Trinajstić information content (AvgIpc) is 2.42. The van der Waals surface area contributed by atoms with Crippen LogP contribution in [0.15, 0.2) is 12.3 Å². The summed E-state index contributed by atoms with van der Waals surface area (Å²) in [5.74, 6) is -0.109. The number of nitrogens with zero attached hydrogens (tertiary/aromatic N) is 3. The number of carboxylic acids is 1. The first kappa shape index (κ1) is 13.3. The molecular weight excluding hydrogens is 244 g/mol. The summed E-state index contributed by atoms with van der Waals surface area (Å²) in [5, 5.41) is 29.0. The van der Waals surface area contributed by atoms with Crippen LogP contribution in [0, 0.1) is 17.2 Å². The number of aromatic nitrogens is 2. The van der Waals surface area contributed by atoms with Gasteiger partial charge in [0, 0.05) is 0 Å². The lowest BCUT2D eigenvalue weighted by Crippen LogP contribution is -2.49. The third-order valence-corrected chi connectivity index (χ3v) is 3.74. The van der Waals surface area contributed by atoms with Gasteiger partial charge in [-0.3, -0.25) is 0 Å². The van der Waals surface area contributed by atoms with Crippen molar-refractivity contribution in [2.75, 3.05) is 5.32 Å². The van der Waals surface area contributed by atoms with Crippen molar-refractivity contribution < 1.29 is 9.90 Å². The first-order chi connectivity index (χ1) is 9.07. The van der Waals surface area contributed by atoms with Crippen molar-refractivity contribution in [3.8, 4) is 6.07 Å². The van der Waals surface area contributed by atoms with Gasteiger partial charge in [-0.2, -0.15) is 10.4 Å². The van der Waals surface area contributed by atoms with Crippen molar-refractivity contribution in [1.29, 1.82) is 5.26 Å². The highest BCUT2D eigenvalue weighted by molar-refractivity contribution is 5.83. The highest BCUT2D eigenvalue weighted by Crippen LogP contribution is 2.35. The highest BCUT2D eigenvalue weighted by atomic mass is 16.4. The van der Waals surface area contributed by atoms with E-state index < -0.39 is 11.5 Å². The molecule has 2 N–H and O–H groups in total. The zero-order valence-electron chi connectivity index (χ0n) is 10.8. The van der Waals surface area contributed by atoms with Crippen LogP contribution >= 0.6 is 0 Å². The molecule has 0 spiro atoms. The molecule has 0 aliphatic heterocycles.